The molecular formula is C29H31N7O3. The number of nitrogens with zero attached hydrogens (tertiary/aromatic N) is 7. The molecule has 0 unspecified atom stereocenters. The lowest BCUT2D eigenvalue weighted by Crippen LogP contribution is -2.38. The van der Waals surface area contributed by atoms with Gasteiger partial charge in [-0.15, -0.1) is 0 Å². The molecule has 10 nitrogen and oxygen atoms in total. The molecule has 200 valence electrons. The Bertz CT molecular complexity index is 1610. The van der Waals surface area contributed by atoms with Crippen molar-refractivity contribution in [3.63, 3.8) is 0 Å². The standard InChI is InChI=1S/C29H31N7O3/c1-33(19-21-7-4-3-5-8-21)26-17-25(32-28-23(29(37)38-2)18-31-36(26)28)24-20-35(27-22(24)9-6-10-30-27)12-11-34-13-15-39-16-14-34/h3-10,17-18,20H,11-16,19H2,1-2H3. The van der Waals surface area contributed by atoms with Crippen LogP contribution < -0.4 is 4.90 Å². The van der Waals surface area contributed by atoms with Gasteiger partial charge in [0.25, 0.3) is 0 Å². The lowest BCUT2D eigenvalue weighted by molar-refractivity contribution is 0.0365. The van der Waals surface area contributed by atoms with Gasteiger partial charge >= 0.3 is 5.97 Å². The molecule has 4 aromatic heterocycles. The zero-order valence-electron chi connectivity index (χ0n) is 22.2. The Labute approximate surface area is 226 Å². The minimum Gasteiger partial charge on any atom is -0.465 e. The summed E-state index contributed by atoms with van der Waals surface area (Å²) in [5.41, 5.74) is 4.54. The summed E-state index contributed by atoms with van der Waals surface area (Å²) >= 11 is 0. The van der Waals surface area contributed by atoms with E-state index in [9.17, 15) is 4.79 Å². The normalized spacial score (nSPS) is 14.2. The molecule has 0 bridgehead atoms. The summed E-state index contributed by atoms with van der Waals surface area (Å²) in [6.45, 7) is 5.79. The maximum Gasteiger partial charge on any atom is 0.343 e. The van der Waals surface area contributed by atoms with Crippen molar-refractivity contribution in [2.24, 2.45) is 0 Å². The van der Waals surface area contributed by atoms with Crippen LogP contribution in [0.2, 0.25) is 0 Å². The van der Waals surface area contributed by atoms with E-state index in [1.165, 1.54) is 13.3 Å². The van der Waals surface area contributed by atoms with E-state index in [2.05, 4.69) is 43.9 Å². The number of anilines is 1. The number of methoxy groups -OCH3 is 1. The van der Waals surface area contributed by atoms with Gasteiger partial charge in [-0.05, 0) is 17.7 Å². The highest BCUT2D eigenvalue weighted by Crippen LogP contribution is 2.32. The van der Waals surface area contributed by atoms with Crippen molar-refractivity contribution in [2.75, 3.05) is 51.9 Å². The Hall–Kier alpha value is -4.28. The highest BCUT2D eigenvalue weighted by Gasteiger charge is 2.22. The molecule has 0 radical (unpaired) electrons. The molecule has 0 atom stereocenters. The van der Waals surface area contributed by atoms with E-state index < -0.39 is 5.97 Å². The van der Waals surface area contributed by atoms with Gasteiger partial charge in [-0.3, -0.25) is 4.90 Å². The first-order valence-corrected chi connectivity index (χ1v) is 13.1. The Morgan fingerprint density at radius 3 is 2.69 bits per heavy atom. The van der Waals surface area contributed by atoms with E-state index >= 15 is 0 Å². The van der Waals surface area contributed by atoms with Gasteiger partial charge in [0.15, 0.2) is 5.65 Å². The van der Waals surface area contributed by atoms with Crippen molar-refractivity contribution in [3.8, 4) is 11.3 Å². The highest BCUT2D eigenvalue weighted by molar-refractivity contribution is 5.98. The van der Waals surface area contributed by atoms with Crippen LogP contribution in [0.25, 0.3) is 27.9 Å². The molecule has 6 rings (SSSR count). The SMILES string of the molecule is COC(=O)c1cnn2c(N(C)Cc3ccccc3)cc(-c3cn(CCN4CCOCC4)c4ncccc34)nc12. The van der Waals surface area contributed by atoms with Crippen molar-refractivity contribution in [2.45, 2.75) is 13.1 Å². The summed E-state index contributed by atoms with van der Waals surface area (Å²) in [6.07, 6.45) is 5.45. The van der Waals surface area contributed by atoms with E-state index in [4.69, 9.17) is 19.4 Å². The Morgan fingerprint density at radius 2 is 1.90 bits per heavy atom. The summed E-state index contributed by atoms with van der Waals surface area (Å²) in [5.74, 6) is 0.341. The maximum atomic E-state index is 12.6. The smallest absolute Gasteiger partial charge is 0.343 e. The summed E-state index contributed by atoms with van der Waals surface area (Å²) in [7, 11) is 3.38. The third-order valence-electron chi connectivity index (χ3n) is 7.18. The van der Waals surface area contributed by atoms with Crippen molar-refractivity contribution >= 4 is 28.5 Å². The van der Waals surface area contributed by atoms with Crippen molar-refractivity contribution in [3.05, 3.63) is 78.2 Å². The number of benzene rings is 1. The summed E-state index contributed by atoms with van der Waals surface area (Å²) in [5, 5.41) is 5.52. The van der Waals surface area contributed by atoms with Crippen molar-refractivity contribution in [1.82, 2.24) is 29.0 Å². The van der Waals surface area contributed by atoms with E-state index in [0.717, 1.165) is 73.1 Å². The average Bonchev–Trinajstić information content (AvgIpc) is 3.58. The van der Waals surface area contributed by atoms with Crippen LogP contribution in [0.4, 0.5) is 5.82 Å². The fourth-order valence-electron chi connectivity index (χ4n) is 5.12. The molecule has 39 heavy (non-hydrogen) atoms. The van der Waals surface area contributed by atoms with Gasteiger partial charge < -0.3 is 18.9 Å². The van der Waals surface area contributed by atoms with Gasteiger partial charge in [0, 0.05) is 69.2 Å². The molecular weight excluding hydrogens is 494 g/mol. The van der Waals surface area contributed by atoms with Gasteiger partial charge in [-0.1, -0.05) is 30.3 Å². The van der Waals surface area contributed by atoms with Crippen LogP contribution in [-0.4, -0.2) is 82.0 Å². The summed E-state index contributed by atoms with van der Waals surface area (Å²) in [6, 6.07) is 16.3. The lowest BCUT2D eigenvalue weighted by atomic mass is 10.1. The second kappa shape index (κ2) is 10.8. The molecule has 0 N–H and O–H groups in total. The number of ether oxygens (including phenoxy) is 2. The molecule has 5 heterocycles. The van der Waals surface area contributed by atoms with Crippen molar-refractivity contribution in [1.29, 1.82) is 0 Å². The minimum absolute atomic E-state index is 0.322. The van der Waals surface area contributed by atoms with E-state index in [1.54, 1.807) is 4.52 Å². The zero-order chi connectivity index (χ0) is 26.8. The van der Waals surface area contributed by atoms with Gasteiger partial charge in [0.1, 0.15) is 17.0 Å². The van der Waals surface area contributed by atoms with E-state index in [-0.39, 0.29) is 0 Å². The number of hydrogen-bond acceptors (Lipinski definition) is 8. The first kappa shape index (κ1) is 25.0. The number of esters is 1. The van der Waals surface area contributed by atoms with Crippen LogP contribution in [0.5, 0.6) is 0 Å². The van der Waals surface area contributed by atoms with Crippen LogP contribution in [0.3, 0.4) is 0 Å². The first-order chi connectivity index (χ1) is 19.1. The molecule has 1 aromatic carbocycles. The van der Waals surface area contributed by atoms with Crippen LogP contribution in [0.1, 0.15) is 15.9 Å². The van der Waals surface area contributed by atoms with E-state index in [1.807, 2.05) is 43.6 Å². The summed E-state index contributed by atoms with van der Waals surface area (Å²) < 4.78 is 14.4. The lowest BCUT2D eigenvalue weighted by Gasteiger charge is -2.26. The fourth-order valence-corrected chi connectivity index (χ4v) is 5.12. The molecule has 1 saturated heterocycles. The number of morpholine rings is 1. The number of hydrogen-bond donors (Lipinski definition) is 0. The number of fused-ring (bicyclic) bond motifs is 2. The Kier molecular flexibility index (Phi) is 6.95. The average molecular weight is 526 g/mol. The molecule has 0 aliphatic carbocycles. The minimum atomic E-state index is -0.471. The molecule has 1 aliphatic heterocycles. The van der Waals surface area contributed by atoms with Gasteiger partial charge in [0.05, 0.1) is 32.2 Å². The number of aromatic nitrogens is 5. The van der Waals surface area contributed by atoms with Crippen LogP contribution in [0, 0.1) is 0 Å². The highest BCUT2D eigenvalue weighted by atomic mass is 16.5. The number of carbonyl (C=O) groups is 1. The molecule has 5 aromatic rings. The number of carbonyl (C=O) groups excluding carboxylic acids is 1. The van der Waals surface area contributed by atoms with Crippen molar-refractivity contribution < 1.29 is 14.3 Å². The predicted molar refractivity (Wildman–Crippen MR) is 149 cm³/mol. The first-order valence-electron chi connectivity index (χ1n) is 13.1. The monoisotopic (exact) mass is 525 g/mol. The fraction of sp³-hybridized carbons (Fsp3) is 0.310. The van der Waals surface area contributed by atoms with Gasteiger partial charge in [-0.25, -0.2) is 14.8 Å². The Morgan fingerprint density at radius 1 is 1.08 bits per heavy atom. The van der Waals surface area contributed by atoms with Crippen LogP contribution in [-0.2, 0) is 22.6 Å². The maximum absolute atomic E-state index is 12.6. The molecule has 1 fully saturated rings. The quantitative estimate of drug-likeness (QED) is 0.285. The van der Waals surface area contributed by atoms with Gasteiger partial charge in [0.2, 0.25) is 0 Å². The number of rotatable bonds is 8. The molecule has 1 aliphatic rings. The molecule has 0 spiro atoms. The topological polar surface area (TPSA) is 90.0 Å². The van der Waals surface area contributed by atoms with E-state index in [0.29, 0.717) is 17.8 Å². The third-order valence-corrected chi connectivity index (χ3v) is 7.18. The second-order valence-corrected chi connectivity index (χ2v) is 9.69. The second-order valence-electron chi connectivity index (χ2n) is 9.69. The third kappa shape index (κ3) is 4.96. The molecule has 0 amide bonds. The predicted octanol–water partition coefficient (Wildman–Crippen LogP) is 3.50. The largest absolute Gasteiger partial charge is 0.465 e. The zero-order valence-corrected chi connectivity index (χ0v) is 22.2. The van der Waals surface area contributed by atoms with Gasteiger partial charge in [-0.2, -0.15) is 9.61 Å². The molecule has 10 heteroatoms. The molecule has 0 saturated carbocycles. The van der Waals surface area contributed by atoms with Crippen LogP contribution in [0.15, 0.2) is 67.1 Å². The Balaban J connectivity index is 1.44. The summed E-state index contributed by atoms with van der Waals surface area (Å²) in [4.78, 5) is 26.8. The van der Waals surface area contributed by atoms with Crippen LogP contribution >= 0.6 is 0 Å². The number of pyridine rings is 1.